The molecule has 2 nitrogen and oxygen atoms in total. The van der Waals surface area contributed by atoms with Crippen LogP contribution in [0.4, 0.5) is 0 Å². The Morgan fingerprint density at radius 1 is 1.00 bits per heavy atom. The molecule has 0 heterocycles. The van der Waals surface area contributed by atoms with E-state index in [1.165, 1.54) is 11.1 Å². The molecule has 0 fully saturated rings. The minimum absolute atomic E-state index is 0.321. The molecule has 1 atom stereocenters. The van der Waals surface area contributed by atoms with Gasteiger partial charge in [0.25, 0.3) is 0 Å². The highest BCUT2D eigenvalue weighted by atomic mass is 16.5. The van der Waals surface area contributed by atoms with Gasteiger partial charge in [0.2, 0.25) is 0 Å². The zero-order valence-corrected chi connectivity index (χ0v) is 11.6. The molecule has 0 bridgehead atoms. The highest BCUT2D eigenvalue weighted by Crippen LogP contribution is 2.12. The van der Waals surface area contributed by atoms with Gasteiger partial charge in [-0.3, -0.25) is 0 Å². The fraction of sp³-hybridized carbons (Fsp3) is 0.294. The van der Waals surface area contributed by atoms with Gasteiger partial charge in [-0.25, -0.2) is 0 Å². The lowest BCUT2D eigenvalue weighted by atomic mass is 10.0. The summed E-state index contributed by atoms with van der Waals surface area (Å²) in [4.78, 5) is 0. The minimum Gasteiger partial charge on any atom is -0.492 e. The van der Waals surface area contributed by atoms with Gasteiger partial charge in [-0.2, -0.15) is 0 Å². The molecule has 0 amide bonds. The fourth-order valence-corrected chi connectivity index (χ4v) is 2.06. The molecular formula is C17H21NO. The van der Waals surface area contributed by atoms with Crippen LogP contribution in [0, 0.1) is 6.92 Å². The van der Waals surface area contributed by atoms with Crippen molar-refractivity contribution in [1.29, 1.82) is 0 Å². The lowest BCUT2D eigenvalue weighted by Crippen LogP contribution is -2.34. The van der Waals surface area contributed by atoms with Crippen molar-refractivity contribution in [3.63, 3.8) is 0 Å². The summed E-state index contributed by atoms with van der Waals surface area (Å²) in [6, 6.07) is 18.8. The average Bonchev–Trinajstić information content (AvgIpc) is 2.46. The minimum atomic E-state index is 0.321. The molecule has 0 saturated heterocycles. The maximum atomic E-state index is 5.81. The molecule has 100 valence electrons. The summed E-state index contributed by atoms with van der Waals surface area (Å²) in [7, 11) is 1.98. The molecule has 0 aliphatic heterocycles. The Hall–Kier alpha value is -1.80. The second kappa shape index (κ2) is 6.95. The maximum Gasteiger partial charge on any atom is 0.119 e. The number of ether oxygens (including phenoxy) is 1. The number of para-hydroxylation sites is 1. The van der Waals surface area contributed by atoms with Crippen molar-refractivity contribution >= 4 is 0 Å². The summed E-state index contributed by atoms with van der Waals surface area (Å²) in [5.74, 6) is 0.924. The van der Waals surface area contributed by atoms with E-state index in [1.54, 1.807) is 0 Å². The molecule has 0 aliphatic rings. The monoisotopic (exact) mass is 255 g/mol. The summed E-state index contributed by atoms with van der Waals surface area (Å²) < 4.78 is 5.81. The standard InChI is InChI=1S/C17H21NO/c1-14-8-6-7-9-15(14)12-16(18-2)13-19-17-10-4-3-5-11-17/h3-11,16,18H,12-13H2,1-2H3. The van der Waals surface area contributed by atoms with Crippen molar-refractivity contribution in [3.8, 4) is 5.75 Å². The summed E-state index contributed by atoms with van der Waals surface area (Å²) in [6.07, 6.45) is 0.982. The van der Waals surface area contributed by atoms with E-state index in [1.807, 2.05) is 37.4 Å². The van der Waals surface area contributed by atoms with E-state index in [0.717, 1.165) is 12.2 Å². The molecule has 2 aromatic rings. The summed E-state index contributed by atoms with van der Waals surface area (Å²) in [5.41, 5.74) is 2.71. The van der Waals surface area contributed by atoms with Crippen molar-refractivity contribution in [3.05, 3.63) is 65.7 Å². The Morgan fingerprint density at radius 2 is 1.68 bits per heavy atom. The molecular weight excluding hydrogens is 234 g/mol. The number of hydrogen-bond donors (Lipinski definition) is 1. The van der Waals surface area contributed by atoms with E-state index in [-0.39, 0.29) is 0 Å². The molecule has 0 saturated carbocycles. The van der Waals surface area contributed by atoms with Gasteiger partial charge in [0.15, 0.2) is 0 Å². The summed E-state index contributed by atoms with van der Waals surface area (Å²) in [5, 5.41) is 3.32. The summed E-state index contributed by atoms with van der Waals surface area (Å²) >= 11 is 0. The largest absolute Gasteiger partial charge is 0.492 e. The van der Waals surface area contributed by atoms with E-state index in [9.17, 15) is 0 Å². The first kappa shape index (κ1) is 13.6. The van der Waals surface area contributed by atoms with Gasteiger partial charge >= 0.3 is 0 Å². The third-order valence-electron chi connectivity index (χ3n) is 3.33. The number of hydrogen-bond acceptors (Lipinski definition) is 2. The maximum absolute atomic E-state index is 5.81. The Morgan fingerprint density at radius 3 is 2.37 bits per heavy atom. The Kier molecular flexibility index (Phi) is 4.99. The highest BCUT2D eigenvalue weighted by molar-refractivity contribution is 5.26. The van der Waals surface area contributed by atoms with Crippen molar-refractivity contribution in [2.45, 2.75) is 19.4 Å². The molecule has 1 N–H and O–H groups in total. The summed E-state index contributed by atoms with van der Waals surface area (Å²) in [6.45, 7) is 2.83. The van der Waals surface area contributed by atoms with E-state index in [0.29, 0.717) is 12.6 Å². The van der Waals surface area contributed by atoms with Crippen LogP contribution < -0.4 is 10.1 Å². The fourth-order valence-electron chi connectivity index (χ4n) is 2.06. The highest BCUT2D eigenvalue weighted by Gasteiger charge is 2.09. The van der Waals surface area contributed by atoms with Crippen molar-refractivity contribution in [2.24, 2.45) is 0 Å². The lowest BCUT2D eigenvalue weighted by Gasteiger charge is -2.18. The van der Waals surface area contributed by atoms with Crippen molar-refractivity contribution < 1.29 is 4.74 Å². The molecule has 2 heteroatoms. The topological polar surface area (TPSA) is 21.3 Å². The van der Waals surface area contributed by atoms with Gasteiger partial charge in [-0.05, 0) is 43.7 Å². The Balaban J connectivity index is 1.92. The van der Waals surface area contributed by atoms with Gasteiger partial charge in [0, 0.05) is 6.04 Å². The number of likely N-dealkylation sites (N-methyl/N-ethyl adjacent to an activating group) is 1. The second-order valence-electron chi connectivity index (χ2n) is 4.74. The Labute approximate surface area is 115 Å². The van der Waals surface area contributed by atoms with Crippen LogP contribution in [0.25, 0.3) is 0 Å². The zero-order chi connectivity index (χ0) is 13.5. The molecule has 0 aromatic heterocycles. The molecule has 19 heavy (non-hydrogen) atoms. The molecule has 1 unspecified atom stereocenters. The van der Waals surface area contributed by atoms with Gasteiger partial charge in [-0.15, -0.1) is 0 Å². The average molecular weight is 255 g/mol. The van der Waals surface area contributed by atoms with Crippen LogP contribution in [0.1, 0.15) is 11.1 Å². The zero-order valence-electron chi connectivity index (χ0n) is 11.6. The number of rotatable bonds is 6. The van der Waals surface area contributed by atoms with Gasteiger partial charge in [0.1, 0.15) is 12.4 Å². The van der Waals surface area contributed by atoms with E-state index >= 15 is 0 Å². The first-order valence-corrected chi connectivity index (χ1v) is 6.69. The first-order valence-electron chi connectivity index (χ1n) is 6.69. The van der Waals surface area contributed by atoms with Gasteiger partial charge in [-0.1, -0.05) is 42.5 Å². The van der Waals surface area contributed by atoms with Crippen LogP contribution in [0.3, 0.4) is 0 Å². The van der Waals surface area contributed by atoms with Crippen LogP contribution in [0.2, 0.25) is 0 Å². The van der Waals surface area contributed by atoms with Crippen molar-refractivity contribution in [2.75, 3.05) is 13.7 Å². The number of benzene rings is 2. The van der Waals surface area contributed by atoms with E-state index in [4.69, 9.17) is 4.74 Å². The normalized spacial score (nSPS) is 12.1. The van der Waals surface area contributed by atoms with Crippen LogP contribution in [0.5, 0.6) is 5.75 Å². The van der Waals surface area contributed by atoms with E-state index < -0.39 is 0 Å². The number of nitrogens with one attached hydrogen (secondary N) is 1. The SMILES string of the molecule is CNC(COc1ccccc1)Cc1ccccc1C. The van der Waals surface area contributed by atoms with Crippen molar-refractivity contribution in [1.82, 2.24) is 5.32 Å². The second-order valence-corrected chi connectivity index (χ2v) is 4.74. The van der Waals surface area contributed by atoms with E-state index in [2.05, 4.69) is 36.5 Å². The predicted octanol–water partition coefficient (Wildman–Crippen LogP) is 3.20. The van der Waals surface area contributed by atoms with Gasteiger partial charge in [0.05, 0.1) is 0 Å². The lowest BCUT2D eigenvalue weighted by molar-refractivity contribution is 0.269. The molecule has 0 aliphatic carbocycles. The van der Waals surface area contributed by atoms with Crippen LogP contribution >= 0.6 is 0 Å². The smallest absolute Gasteiger partial charge is 0.119 e. The van der Waals surface area contributed by atoms with Gasteiger partial charge < -0.3 is 10.1 Å². The van der Waals surface area contributed by atoms with Crippen LogP contribution in [0.15, 0.2) is 54.6 Å². The predicted molar refractivity (Wildman–Crippen MR) is 79.7 cm³/mol. The third-order valence-corrected chi connectivity index (χ3v) is 3.33. The third kappa shape index (κ3) is 4.11. The Bertz CT molecular complexity index is 496. The first-order chi connectivity index (χ1) is 9.29. The van der Waals surface area contributed by atoms with Crippen LogP contribution in [-0.2, 0) is 6.42 Å². The van der Waals surface area contributed by atoms with Crippen LogP contribution in [-0.4, -0.2) is 19.7 Å². The number of aryl methyl sites for hydroxylation is 1. The molecule has 0 radical (unpaired) electrons. The quantitative estimate of drug-likeness (QED) is 0.856. The molecule has 2 rings (SSSR count). The molecule has 2 aromatic carbocycles. The molecule has 0 spiro atoms.